The number of hydrogen-bond acceptors (Lipinski definition) is 3. The Hall–Kier alpha value is -1.96. The van der Waals surface area contributed by atoms with Crippen LogP contribution in [0.15, 0.2) is 18.2 Å². The summed E-state index contributed by atoms with van der Waals surface area (Å²) in [7, 11) is 1.42. The molecule has 1 N–H and O–H groups in total. The summed E-state index contributed by atoms with van der Waals surface area (Å²) in [4.78, 5) is 24.2. The molecule has 1 fully saturated rings. The van der Waals surface area contributed by atoms with Crippen LogP contribution < -0.4 is 10.1 Å². The molecule has 0 spiro atoms. The monoisotopic (exact) mass is 364 g/mol. The van der Waals surface area contributed by atoms with Crippen molar-refractivity contribution in [2.45, 2.75) is 25.1 Å². The van der Waals surface area contributed by atoms with Crippen molar-refractivity contribution < 1.29 is 27.5 Å². The Kier molecular flexibility index (Phi) is 5.58. The molecule has 0 saturated carbocycles. The fraction of sp³-hybridized carbons (Fsp3) is 0.467. The number of likely N-dealkylation sites (tertiary alicyclic amines) is 1. The maximum Gasteiger partial charge on any atom is 0.471 e. The number of carbonyl (C=O) groups is 2. The van der Waals surface area contributed by atoms with E-state index >= 15 is 0 Å². The predicted molar refractivity (Wildman–Crippen MR) is 81.1 cm³/mol. The molecule has 0 aromatic heterocycles. The molecule has 2 amide bonds. The molecule has 0 atom stereocenters. The Morgan fingerprint density at radius 2 is 1.92 bits per heavy atom. The number of ether oxygens (including phenoxy) is 1. The number of nitrogens with zero attached hydrogens (tertiary/aromatic N) is 1. The Morgan fingerprint density at radius 1 is 1.29 bits per heavy atom. The highest BCUT2D eigenvalue weighted by atomic mass is 35.5. The summed E-state index contributed by atoms with van der Waals surface area (Å²) in [6.07, 6.45) is -4.38. The number of nitrogens with one attached hydrogen (secondary N) is 1. The van der Waals surface area contributed by atoms with E-state index in [4.69, 9.17) is 16.3 Å². The van der Waals surface area contributed by atoms with Crippen molar-refractivity contribution >= 4 is 23.4 Å². The van der Waals surface area contributed by atoms with Gasteiger partial charge in [-0.2, -0.15) is 13.2 Å². The number of alkyl halides is 3. The number of amides is 2. The molecule has 0 radical (unpaired) electrons. The Bertz CT molecular complexity index is 629. The Balaban J connectivity index is 1.96. The minimum atomic E-state index is -4.87. The van der Waals surface area contributed by atoms with E-state index in [0.717, 1.165) is 4.90 Å². The standard InChI is InChI=1S/C15H16ClF3N2O3/c1-24-12-3-2-9(16)8-11(12)13(22)20-10-4-6-21(7-5-10)14(23)15(17,18)19/h2-3,8,10H,4-7H2,1H3,(H,20,22). The largest absolute Gasteiger partial charge is 0.496 e. The molecule has 2 rings (SSSR count). The summed E-state index contributed by atoms with van der Waals surface area (Å²) in [6, 6.07) is 4.27. The quantitative estimate of drug-likeness (QED) is 0.897. The molecule has 1 saturated heterocycles. The second-order valence-corrected chi connectivity index (χ2v) is 5.82. The lowest BCUT2D eigenvalue weighted by Gasteiger charge is -2.32. The van der Waals surface area contributed by atoms with Gasteiger partial charge in [-0.3, -0.25) is 9.59 Å². The van der Waals surface area contributed by atoms with Gasteiger partial charge in [0.05, 0.1) is 12.7 Å². The van der Waals surface area contributed by atoms with Crippen LogP contribution in [0.5, 0.6) is 5.75 Å². The first-order valence-electron chi connectivity index (χ1n) is 7.23. The van der Waals surface area contributed by atoms with Gasteiger partial charge in [-0.25, -0.2) is 0 Å². The van der Waals surface area contributed by atoms with Gasteiger partial charge in [-0.1, -0.05) is 11.6 Å². The average molecular weight is 365 g/mol. The van der Waals surface area contributed by atoms with Crippen molar-refractivity contribution in [2.24, 2.45) is 0 Å². The van der Waals surface area contributed by atoms with Crippen LogP contribution in [0.2, 0.25) is 5.02 Å². The molecule has 132 valence electrons. The second kappa shape index (κ2) is 7.29. The summed E-state index contributed by atoms with van der Waals surface area (Å²) in [5, 5.41) is 3.11. The maximum absolute atomic E-state index is 12.4. The SMILES string of the molecule is COc1ccc(Cl)cc1C(=O)NC1CCN(C(=O)C(F)(F)F)CC1. The molecule has 5 nitrogen and oxygen atoms in total. The Labute approximate surface area is 141 Å². The number of rotatable bonds is 3. The van der Waals surface area contributed by atoms with Crippen molar-refractivity contribution in [3.05, 3.63) is 28.8 Å². The number of benzene rings is 1. The lowest BCUT2D eigenvalue weighted by atomic mass is 10.0. The van der Waals surface area contributed by atoms with E-state index in [2.05, 4.69) is 5.32 Å². The lowest BCUT2D eigenvalue weighted by Crippen LogP contribution is -2.50. The fourth-order valence-electron chi connectivity index (χ4n) is 2.53. The van der Waals surface area contributed by atoms with E-state index in [-0.39, 0.29) is 37.5 Å². The van der Waals surface area contributed by atoms with Gasteiger partial charge in [0.25, 0.3) is 5.91 Å². The topological polar surface area (TPSA) is 58.6 Å². The third kappa shape index (κ3) is 4.31. The van der Waals surface area contributed by atoms with Crippen LogP contribution in [-0.2, 0) is 4.79 Å². The van der Waals surface area contributed by atoms with Crippen molar-refractivity contribution in [1.82, 2.24) is 10.2 Å². The van der Waals surface area contributed by atoms with Crippen LogP contribution in [0, 0.1) is 0 Å². The van der Waals surface area contributed by atoms with Crippen molar-refractivity contribution in [3.63, 3.8) is 0 Å². The van der Waals surface area contributed by atoms with Gasteiger partial charge in [0.15, 0.2) is 0 Å². The van der Waals surface area contributed by atoms with Crippen LogP contribution in [-0.4, -0.2) is 49.1 Å². The van der Waals surface area contributed by atoms with Crippen LogP contribution in [0.25, 0.3) is 0 Å². The van der Waals surface area contributed by atoms with Gasteiger partial charge in [0, 0.05) is 24.2 Å². The zero-order chi connectivity index (χ0) is 17.9. The van der Waals surface area contributed by atoms with E-state index < -0.39 is 18.0 Å². The number of piperidine rings is 1. The number of carbonyl (C=O) groups excluding carboxylic acids is 2. The average Bonchev–Trinajstić information content (AvgIpc) is 2.54. The summed E-state index contributed by atoms with van der Waals surface area (Å²) in [5.41, 5.74) is 0.249. The van der Waals surface area contributed by atoms with Crippen molar-refractivity contribution in [3.8, 4) is 5.75 Å². The molecule has 0 bridgehead atoms. The first-order valence-corrected chi connectivity index (χ1v) is 7.60. The first-order chi connectivity index (χ1) is 11.2. The predicted octanol–water partition coefficient (Wildman–Crippen LogP) is 2.63. The molecular weight excluding hydrogens is 349 g/mol. The fourth-order valence-corrected chi connectivity index (χ4v) is 2.70. The van der Waals surface area contributed by atoms with Crippen LogP contribution >= 0.6 is 11.6 Å². The zero-order valence-corrected chi connectivity index (χ0v) is 13.6. The minimum Gasteiger partial charge on any atom is -0.496 e. The van der Waals surface area contributed by atoms with Crippen LogP contribution in [0.4, 0.5) is 13.2 Å². The molecule has 1 aromatic carbocycles. The summed E-state index contributed by atoms with van der Waals surface area (Å²) < 4.78 is 42.3. The number of halogens is 4. The molecule has 1 aliphatic heterocycles. The van der Waals surface area contributed by atoms with Crippen molar-refractivity contribution in [1.29, 1.82) is 0 Å². The van der Waals surface area contributed by atoms with E-state index in [1.165, 1.54) is 13.2 Å². The summed E-state index contributed by atoms with van der Waals surface area (Å²) >= 11 is 5.87. The van der Waals surface area contributed by atoms with E-state index in [9.17, 15) is 22.8 Å². The lowest BCUT2D eigenvalue weighted by molar-refractivity contribution is -0.186. The molecular formula is C15H16ClF3N2O3. The third-order valence-corrected chi connectivity index (χ3v) is 4.00. The highest BCUT2D eigenvalue weighted by molar-refractivity contribution is 6.31. The van der Waals surface area contributed by atoms with Gasteiger partial charge < -0.3 is 15.0 Å². The zero-order valence-electron chi connectivity index (χ0n) is 12.8. The van der Waals surface area contributed by atoms with Gasteiger partial charge in [-0.15, -0.1) is 0 Å². The number of methoxy groups -OCH3 is 1. The van der Waals surface area contributed by atoms with Gasteiger partial charge in [0.1, 0.15) is 5.75 Å². The van der Waals surface area contributed by atoms with E-state index in [0.29, 0.717) is 10.8 Å². The third-order valence-electron chi connectivity index (χ3n) is 3.77. The molecule has 1 aliphatic rings. The van der Waals surface area contributed by atoms with E-state index in [1.54, 1.807) is 12.1 Å². The van der Waals surface area contributed by atoms with Gasteiger partial charge in [0.2, 0.25) is 0 Å². The highest BCUT2D eigenvalue weighted by Crippen LogP contribution is 2.24. The molecule has 1 heterocycles. The molecule has 9 heteroatoms. The Morgan fingerprint density at radius 3 is 2.46 bits per heavy atom. The molecule has 1 aromatic rings. The molecule has 0 aliphatic carbocycles. The summed E-state index contributed by atoms with van der Waals surface area (Å²) in [6.45, 7) is -0.119. The maximum atomic E-state index is 12.4. The molecule has 0 unspecified atom stereocenters. The van der Waals surface area contributed by atoms with Crippen molar-refractivity contribution in [2.75, 3.05) is 20.2 Å². The highest BCUT2D eigenvalue weighted by Gasteiger charge is 2.43. The van der Waals surface area contributed by atoms with Gasteiger partial charge >= 0.3 is 12.1 Å². The second-order valence-electron chi connectivity index (χ2n) is 5.38. The first kappa shape index (κ1) is 18.4. The smallest absolute Gasteiger partial charge is 0.471 e. The van der Waals surface area contributed by atoms with E-state index in [1.807, 2.05) is 0 Å². The summed E-state index contributed by atoms with van der Waals surface area (Å²) in [5.74, 6) is -1.92. The van der Waals surface area contributed by atoms with Crippen LogP contribution in [0.1, 0.15) is 23.2 Å². The minimum absolute atomic E-state index is 0.0596. The number of hydrogen-bond donors (Lipinski definition) is 1. The van der Waals surface area contributed by atoms with Gasteiger partial charge in [-0.05, 0) is 31.0 Å². The molecule has 24 heavy (non-hydrogen) atoms. The normalized spacial score (nSPS) is 16.0. The van der Waals surface area contributed by atoms with Crippen LogP contribution in [0.3, 0.4) is 0 Å².